The number of rotatable bonds is 6. The molecule has 0 aromatic carbocycles. The van der Waals surface area contributed by atoms with E-state index in [2.05, 4.69) is 9.80 Å². The Kier molecular flexibility index (Phi) is 6.86. The predicted octanol–water partition coefficient (Wildman–Crippen LogP) is -1.11. The first-order valence-corrected chi connectivity index (χ1v) is 6.80. The predicted molar refractivity (Wildman–Crippen MR) is 71.1 cm³/mol. The lowest BCUT2D eigenvalue weighted by molar-refractivity contribution is -0.134. The summed E-state index contributed by atoms with van der Waals surface area (Å²) >= 11 is 0. The van der Waals surface area contributed by atoms with E-state index in [9.17, 15) is 9.59 Å². The van der Waals surface area contributed by atoms with Gasteiger partial charge in [-0.1, -0.05) is 13.8 Å². The number of hydrogen-bond acceptors (Lipinski definition) is 6. The fraction of sp³-hybridized carbons (Fsp3) is 0.833. The number of nitrogens with zero attached hydrogens (tertiary/aromatic N) is 2. The van der Waals surface area contributed by atoms with Crippen molar-refractivity contribution in [2.75, 3.05) is 39.3 Å². The van der Waals surface area contributed by atoms with Gasteiger partial charge >= 0.3 is 0 Å². The Labute approximate surface area is 118 Å². The zero-order valence-electron chi connectivity index (χ0n) is 12.0. The molecule has 4 N–H and O–H groups in total. The Balaban J connectivity index is 2.29. The molecule has 1 rings (SSSR count). The highest BCUT2D eigenvalue weighted by Gasteiger charge is 2.23. The van der Waals surface area contributed by atoms with E-state index in [4.69, 9.17) is 10.4 Å². The van der Waals surface area contributed by atoms with Crippen LogP contribution in [0.3, 0.4) is 0 Å². The zero-order chi connectivity index (χ0) is 15.1. The molecule has 0 aromatic heterocycles. The van der Waals surface area contributed by atoms with Crippen LogP contribution in [0.1, 0.15) is 13.8 Å². The molecule has 1 aliphatic rings. The Bertz CT molecular complexity index is 299. The minimum absolute atomic E-state index is 0.259. The molecule has 8 nitrogen and oxygen atoms in total. The van der Waals surface area contributed by atoms with Gasteiger partial charge in [-0.2, -0.15) is 0 Å². The SMILES string of the molecule is CC(CN1CCN(CC(C)C(=O)NO)CC1)C(=O)NO. The van der Waals surface area contributed by atoms with Crippen molar-refractivity contribution in [1.29, 1.82) is 0 Å². The summed E-state index contributed by atoms with van der Waals surface area (Å²) < 4.78 is 0. The van der Waals surface area contributed by atoms with Gasteiger partial charge in [0.15, 0.2) is 0 Å². The molecule has 0 radical (unpaired) electrons. The number of hydroxylamine groups is 2. The third-order valence-corrected chi connectivity index (χ3v) is 3.64. The van der Waals surface area contributed by atoms with Crippen molar-refractivity contribution in [2.24, 2.45) is 11.8 Å². The van der Waals surface area contributed by atoms with Crippen LogP contribution in [0.5, 0.6) is 0 Å². The monoisotopic (exact) mass is 288 g/mol. The quantitative estimate of drug-likeness (QED) is 0.365. The van der Waals surface area contributed by atoms with Gasteiger partial charge in [0.1, 0.15) is 0 Å². The first kappa shape index (κ1) is 16.8. The van der Waals surface area contributed by atoms with E-state index in [-0.39, 0.29) is 23.7 Å². The molecule has 8 heteroatoms. The third kappa shape index (κ3) is 5.04. The average molecular weight is 288 g/mol. The van der Waals surface area contributed by atoms with Gasteiger partial charge in [-0.25, -0.2) is 11.0 Å². The molecule has 0 spiro atoms. The topological polar surface area (TPSA) is 105 Å². The van der Waals surface area contributed by atoms with E-state index in [1.165, 1.54) is 0 Å². The molecular weight excluding hydrogens is 264 g/mol. The van der Waals surface area contributed by atoms with Gasteiger partial charge < -0.3 is 9.80 Å². The lowest BCUT2D eigenvalue weighted by atomic mass is 10.1. The van der Waals surface area contributed by atoms with Crippen LogP contribution in [0.15, 0.2) is 0 Å². The van der Waals surface area contributed by atoms with E-state index in [1.54, 1.807) is 24.8 Å². The molecule has 1 heterocycles. The molecular formula is C12H24N4O4. The summed E-state index contributed by atoms with van der Waals surface area (Å²) in [5.74, 6) is -1.27. The minimum atomic E-state index is -0.374. The summed E-state index contributed by atoms with van der Waals surface area (Å²) in [5.41, 5.74) is 3.33. The maximum atomic E-state index is 11.2. The van der Waals surface area contributed by atoms with Crippen LogP contribution in [0.25, 0.3) is 0 Å². The molecule has 2 amide bonds. The molecule has 2 unspecified atom stereocenters. The smallest absolute Gasteiger partial charge is 0.247 e. The second-order valence-corrected chi connectivity index (χ2v) is 5.36. The van der Waals surface area contributed by atoms with Gasteiger partial charge in [0.05, 0.1) is 0 Å². The summed E-state index contributed by atoms with van der Waals surface area (Å²) in [7, 11) is 0. The summed E-state index contributed by atoms with van der Waals surface area (Å²) in [6.45, 7) is 8.01. The van der Waals surface area contributed by atoms with Crippen molar-refractivity contribution in [3.8, 4) is 0 Å². The number of carbonyl (C=O) groups is 2. The Morgan fingerprint density at radius 2 is 1.20 bits per heavy atom. The summed E-state index contributed by atoms with van der Waals surface area (Å²) in [4.78, 5) is 26.8. The molecule has 0 saturated carbocycles. The van der Waals surface area contributed by atoms with Crippen LogP contribution in [-0.2, 0) is 9.59 Å². The average Bonchev–Trinajstić information content (AvgIpc) is 2.47. The van der Waals surface area contributed by atoms with Crippen molar-refractivity contribution < 1.29 is 20.0 Å². The molecule has 1 fully saturated rings. The van der Waals surface area contributed by atoms with Crippen LogP contribution in [-0.4, -0.2) is 71.3 Å². The van der Waals surface area contributed by atoms with Crippen molar-refractivity contribution in [1.82, 2.24) is 20.8 Å². The van der Waals surface area contributed by atoms with Crippen molar-refractivity contribution >= 4 is 11.8 Å². The van der Waals surface area contributed by atoms with Gasteiger partial charge in [0.25, 0.3) is 0 Å². The summed E-state index contributed by atoms with van der Waals surface area (Å²) in [6.07, 6.45) is 0. The van der Waals surface area contributed by atoms with E-state index < -0.39 is 0 Å². The molecule has 116 valence electrons. The van der Waals surface area contributed by atoms with E-state index >= 15 is 0 Å². The standard InChI is InChI=1S/C12H24N4O4/c1-9(11(17)13-19)7-15-3-5-16(6-4-15)8-10(2)12(18)14-20/h9-10,19-20H,3-8H2,1-2H3,(H,13,17)(H,14,18). The van der Waals surface area contributed by atoms with Crippen LogP contribution in [0.4, 0.5) is 0 Å². The van der Waals surface area contributed by atoms with Crippen molar-refractivity contribution in [3.63, 3.8) is 0 Å². The fourth-order valence-electron chi connectivity index (χ4n) is 2.32. The third-order valence-electron chi connectivity index (χ3n) is 3.64. The van der Waals surface area contributed by atoms with Gasteiger partial charge in [0.2, 0.25) is 11.8 Å². The van der Waals surface area contributed by atoms with Gasteiger partial charge in [-0.3, -0.25) is 20.0 Å². The van der Waals surface area contributed by atoms with Crippen LogP contribution in [0, 0.1) is 11.8 Å². The van der Waals surface area contributed by atoms with Crippen molar-refractivity contribution in [3.05, 3.63) is 0 Å². The van der Waals surface area contributed by atoms with E-state index in [1.807, 2.05) is 0 Å². The minimum Gasteiger partial charge on any atom is -0.300 e. The normalized spacial score (nSPS) is 20.2. The number of hydrogen-bond donors (Lipinski definition) is 4. The lowest BCUT2D eigenvalue weighted by Gasteiger charge is -2.36. The maximum absolute atomic E-state index is 11.2. The number of nitrogens with one attached hydrogen (secondary N) is 2. The zero-order valence-corrected chi connectivity index (χ0v) is 12.0. The fourth-order valence-corrected chi connectivity index (χ4v) is 2.32. The molecule has 0 bridgehead atoms. The van der Waals surface area contributed by atoms with Crippen LogP contribution in [0.2, 0.25) is 0 Å². The number of amides is 2. The molecule has 2 atom stereocenters. The highest BCUT2D eigenvalue weighted by molar-refractivity contribution is 5.77. The van der Waals surface area contributed by atoms with Gasteiger partial charge in [0, 0.05) is 51.1 Å². The second kappa shape index (κ2) is 8.15. The van der Waals surface area contributed by atoms with Gasteiger partial charge in [-0.15, -0.1) is 0 Å². The first-order valence-electron chi connectivity index (χ1n) is 6.80. The Morgan fingerprint density at radius 3 is 1.45 bits per heavy atom. The largest absolute Gasteiger partial charge is 0.300 e. The number of carbonyl (C=O) groups excluding carboxylic acids is 2. The highest BCUT2D eigenvalue weighted by Crippen LogP contribution is 2.08. The van der Waals surface area contributed by atoms with Gasteiger partial charge in [-0.05, 0) is 0 Å². The molecule has 1 aliphatic heterocycles. The maximum Gasteiger partial charge on any atom is 0.247 e. The van der Waals surface area contributed by atoms with Crippen LogP contribution < -0.4 is 11.0 Å². The Hall–Kier alpha value is -1.22. The lowest BCUT2D eigenvalue weighted by Crippen LogP contribution is -2.50. The summed E-state index contributed by atoms with van der Waals surface area (Å²) in [5, 5.41) is 17.1. The molecule has 1 saturated heterocycles. The van der Waals surface area contributed by atoms with E-state index in [0.29, 0.717) is 13.1 Å². The highest BCUT2D eigenvalue weighted by atomic mass is 16.5. The number of piperazine rings is 1. The molecule has 20 heavy (non-hydrogen) atoms. The Morgan fingerprint density at radius 1 is 0.900 bits per heavy atom. The molecule has 0 aromatic rings. The van der Waals surface area contributed by atoms with E-state index in [0.717, 1.165) is 26.2 Å². The molecule has 0 aliphatic carbocycles. The summed E-state index contributed by atoms with van der Waals surface area (Å²) in [6, 6.07) is 0. The van der Waals surface area contributed by atoms with Crippen molar-refractivity contribution in [2.45, 2.75) is 13.8 Å². The second-order valence-electron chi connectivity index (χ2n) is 5.36. The first-order chi connectivity index (χ1) is 9.47. The van der Waals surface area contributed by atoms with Crippen LogP contribution >= 0.6 is 0 Å².